The fourth-order valence-corrected chi connectivity index (χ4v) is 2.66. The van der Waals surface area contributed by atoms with Crippen molar-refractivity contribution in [3.05, 3.63) is 41.7 Å². The van der Waals surface area contributed by atoms with Gasteiger partial charge >= 0.3 is 6.09 Å². The molecule has 1 heterocycles. The number of carbonyl (C=O) groups is 1. The standard InChI is InChI=1S/C19H22N4O3/c1-12(2)6-17(22-19(24)25)11-26-18-5-4-14(8-15(18)9-20)16-7-13(3)23-21-10-16/h4-5,7-8,10,12,17,22H,6,11H2,1-3H3,(H,24,25). The number of ether oxygens (including phenoxy) is 1. The molecular weight excluding hydrogens is 332 g/mol. The summed E-state index contributed by atoms with van der Waals surface area (Å²) in [7, 11) is 0. The molecule has 0 spiro atoms. The van der Waals surface area contributed by atoms with Crippen molar-refractivity contribution in [3.63, 3.8) is 0 Å². The van der Waals surface area contributed by atoms with Crippen LogP contribution in [0.25, 0.3) is 11.1 Å². The summed E-state index contributed by atoms with van der Waals surface area (Å²) in [5.41, 5.74) is 2.88. The Balaban J connectivity index is 2.16. The molecule has 0 aliphatic carbocycles. The Morgan fingerprint density at radius 2 is 2.12 bits per heavy atom. The maximum Gasteiger partial charge on any atom is 0.404 e. The monoisotopic (exact) mass is 354 g/mol. The molecule has 1 unspecified atom stereocenters. The number of nitriles is 1. The Hall–Kier alpha value is -3.14. The average molecular weight is 354 g/mol. The minimum Gasteiger partial charge on any atom is -0.490 e. The van der Waals surface area contributed by atoms with Crippen LogP contribution in [0.5, 0.6) is 5.75 Å². The maximum atomic E-state index is 10.9. The number of rotatable bonds is 7. The summed E-state index contributed by atoms with van der Waals surface area (Å²) >= 11 is 0. The Morgan fingerprint density at radius 3 is 2.73 bits per heavy atom. The average Bonchev–Trinajstić information content (AvgIpc) is 2.58. The highest BCUT2D eigenvalue weighted by Crippen LogP contribution is 2.26. The molecule has 0 aliphatic rings. The number of carboxylic acid groups (broad SMARTS) is 1. The van der Waals surface area contributed by atoms with Gasteiger partial charge in [0.05, 0.1) is 23.5 Å². The normalized spacial score (nSPS) is 11.7. The predicted octanol–water partition coefficient (Wildman–Crippen LogP) is 3.38. The number of benzene rings is 1. The van der Waals surface area contributed by atoms with Crippen LogP contribution in [0.2, 0.25) is 0 Å². The third-order valence-electron chi connectivity index (χ3n) is 3.73. The number of hydrogen-bond donors (Lipinski definition) is 2. The number of aromatic nitrogens is 2. The van der Waals surface area contributed by atoms with Crippen molar-refractivity contribution in [2.24, 2.45) is 5.92 Å². The summed E-state index contributed by atoms with van der Waals surface area (Å²) in [6.45, 7) is 6.03. The van der Waals surface area contributed by atoms with E-state index >= 15 is 0 Å². The number of amides is 1. The van der Waals surface area contributed by atoms with E-state index in [1.807, 2.05) is 32.9 Å². The zero-order chi connectivity index (χ0) is 19.1. The molecule has 7 heteroatoms. The number of nitrogens with zero attached hydrogens (tertiary/aromatic N) is 3. The van der Waals surface area contributed by atoms with Crippen molar-refractivity contribution < 1.29 is 14.6 Å². The summed E-state index contributed by atoms with van der Waals surface area (Å²) in [5, 5.41) is 28.7. The molecule has 136 valence electrons. The molecule has 1 aromatic carbocycles. The second-order valence-electron chi connectivity index (χ2n) is 6.50. The fourth-order valence-electron chi connectivity index (χ4n) is 2.66. The van der Waals surface area contributed by atoms with E-state index in [1.54, 1.807) is 18.3 Å². The second kappa shape index (κ2) is 8.81. The third-order valence-corrected chi connectivity index (χ3v) is 3.73. The van der Waals surface area contributed by atoms with Gasteiger partial charge in [0, 0.05) is 5.56 Å². The Bertz CT molecular complexity index is 815. The van der Waals surface area contributed by atoms with E-state index in [2.05, 4.69) is 21.6 Å². The lowest BCUT2D eigenvalue weighted by Gasteiger charge is -2.20. The second-order valence-corrected chi connectivity index (χ2v) is 6.50. The Labute approximate surface area is 152 Å². The van der Waals surface area contributed by atoms with Crippen LogP contribution >= 0.6 is 0 Å². The van der Waals surface area contributed by atoms with E-state index in [9.17, 15) is 10.1 Å². The van der Waals surface area contributed by atoms with Gasteiger partial charge < -0.3 is 15.2 Å². The van der Waals surface area contributed by atoms with Gasteiger partial charge in [-0.1, -0.05) is 19.9 Å². The topological polar surface area (TPSA) is 108 Å². The van der Waals surface area contributed by atoms with Gasteiger partial charge in [-0.3, -0.25) is 0 Å². The first-order valence-electron chi connectivity index (χ1n) is 8.35. The zero-order valence-electron chi connectivity index (χ0n) is 15.1. The van der Waals surface area contributed by atoms with E-state index < -0.39 is 6.09 Å². The molecule has 1 aromatic heterocycles. The first-order valence-corrected chi connectivity index (χ1v) is 8.35. The number of aryl methyl sites for hydroxylation is 1. The molecule has 0 radical (unpaired) electrons. The smallest absolute Gasteiger partial charge is 0.404 e. The molecule has 0 saturated heterocycles. The highest BCUT2D eigenvalue weighted by molar-refractivity contribution is 5.67. The maximum absolute atomic E-state index is 10.9. The summed E-state index contributed by atoms with van der Waals surface area (Å²) in [4.78, 5) is 10.9. The molecule has 2 N–H and O–H groups in total. The van der Waals surface area contributed by atoms with Crippen LogP contribution in [-0.2, 0) is 0 Å². The van der Waals surface area contributed by atoms with E-state index in [-0.39, 0.29) is 12.6 Å². The van der Waals surface area contributed by atoms with Gasteiger partial charge in [-0.15, -0.1) is 0 Å². The van der Waals surface area contributed by atoms with Crippen LogP contribution in [0.15, 0.2) is 30.5 Å². The molecule has 0 aliphatic heterocycles. The van der Waals surface area contributed by atoms with Crippen molar-refractivity contribution in [2.75, 3.05) is 6.61 Å². The van der Waals surface area contributed by atoms with E-state index in [1.165, 1.54) is 0 Å². The predicted molar refractivity (Wildman–Crippen MR) is 96.8 cm³/mol. The van der Waals surface area contributed by atoms with Crippen molar-refractivity contribution in [1.82, 2.24) is 15.5 Å². The highest BCUT2D eigenvalue weighted by atomic mass is 16.5. The molecule has 26 heavy (non-hydrogen) atoms. The largest absolute Gasteiger partial charge is 0.490 e. The molecule has 0 bridgehead atoms. The first kappa shape index (κ1) is 19.2. The van der Waals surface area contributed by atoms with Gasteiger partial charge in [-0.2, -0.15) is 15.5 Å². The molecule has 0 fully saturated rings. The summed E-state index contributed by atoms with van der Waals surface area (Å²) < 4.78 is 5.73. The minimum absolute atomic E-state index is 0.161. The lowest BCUT2D eigenvalue weighted by Crippen LogP contribution is -2.39. The molecule has 1 amide bonds. The third kappa shape index (κ3) is 5.45. The van der Waals surface area contributed by atoms with Crippen molar-refractivity contribution in [3.8, 4) is 22.9 Å². The van der Waals surface area contributed by atoms with Crippen LogP contribution in [0, 0.1) is 24.2 Å². The molecule has 2 aromatic rings. The lowest BCUT2D eigenvalue weighted by atomic mass is 10.0. The number of nitrogens with one attached hydrogen (secondary N) is 1. The molecule has 1 atom stereocenters. The van der Waals surface area contributed by atoms with Crippen LogP contribution in [-0.4, -0.2) is 34.0 Å². The van der Waals surface area contributed by atoms with Crippen molar-refractivity contribution >= 4 is 6.09 Å². The SMILES string of the molecule is Cc1cc(-c2ccc(OCC(CC(C)C)NC(=O)O)c(C#N)c2)cnn1. The van der Waals surface area contributed by atoms with E-state index in [0.717, 1.165) is 16.8 Å². The quantitative estimate of drug-likeness (QED) is 0.789. The Kier molecular flexibility index (Phi) is 6.50. The molecule has 2 rings (SSSR count). The van der Waals surface area contributed by atoms with Gasteiger partial charge in [-0.25, -0.2) is 4.79 Å². The van der Waals surface area contributed by atoms with Crippen LogP contribution in [0.1, 0.15) is 31.5 Å². The van der Waals surface area contributed by atoms with E-state index in [4.69, 9.17) is 9.84 Å². The number of hydrogen-bond acceptors (Lipinski definition) is 5. The van der Waals surface area contributed by atoms with Crippen LogP contribution in [0.3, 0.4) is 0 Å². The highest BCUT2D eigenvalue weighted by Gasteiger charge is 2.16. The summed E-state index contributed by atoms with van der Waals surface area (Å²) in [6, 6.07) is 8.97. The Morgan fingerprint density at radius 1 is 1.35 bits per heavy atom. The fraction of sp³-hybridized carbons (Fsp3) is 0.368. The van der Waals surface area contributed by atoms with Gasteiger partial charge in [0.25, 0.3) is 0 Å². The summed E-state index contributed by atoms with van der Waals surface area (Å²) in [6.07, 6.45) is 1.20. The van der Waals surface area contributed by atoms with E-state index in [0.29, 0.717) is 23.7 Å². The van der Waals surface area contributed by atoms with Gasteiger partial charge in [0.2, 0.25) is 0 Å². The van der Waals surface area contributed by atoms with Crippen molar-refractivity contribution in [1.29, 1.82) is 5.26 Å². The van der Waals surface area contributed by atoms with Crippen LogP contribution in [0.4, 0.5) is 4.79 Å². The molecular formula is C19H22N4O3. The molecule has 0 saturated carbocycles. The lowest BCUT2D eigenvalue weighted by molar-refractivity contribution is 0.176. The van der Waals surface area contributed by atoms with Gasteiger partial charge in [0.1, 0.15) is 18.4 Å². The van der Waals surface area contributed by atoms with Crippen molar-refractivity contribution in [2.45, 2.75) is 33.2 Å². The van der Waals surface area contributed by atoms with Crippen LogP contribution < -0.4 is 10.1 Å². The van der Waals surface area contributed by atoms with Gasteiger partial charge in [-0.05, 0) is 43.0 Å². The first-order chi connectivity index (χ1) is 12.4. The molecule has 7 nitrogen and oxygen atoms in total. The minimum atomic E-state index is -1.09. The summed E-state index contributed by atoms with van der Waals surface area (Å²) in [5.74, 6) is 0.742. The van der Waals surface area contributed by atoms with Gasteiger partial charge in [0.15, 0.2) is 0 Å². The zero-order valence-corrected chi connectivity index (χ0v) is 15.1.